The lowest BCUT2D eigenvalue weighted by atomic mass is 9.98. The molecule has 0 amide bonds. The van der Waals surface area contributed by atoms with Crippen LogP contribution in [0.5, 0.6) is 11.6 Å². The second kappa shape index (κ2) is 9.23. The zero-order valence-electron chi connectivity index (χ0n) is 15.6. The van der Waals surface area contributed by atoms with Gasteiger partial charge in [-0.3, -0.25) is 10.1 Å². The number of piperidine rings is 1. The highest BCUT2D eigenvalue weighted by atomic mass is 16.6. The van der Waals surface area contributed by atoms with Crippen molar-refractivity contribution in [2.24, 2.45) is 5.92 Å². The number of carbonyl (C=O) groups is 1. The number of hydrogen-bond donors (Lipinski definition) is 0. The van der Waals surface area contributed by atoms with Gasteiger partial charge >= 0.3 is 11.6 Å². The van der Waals surface area contributed by atoms with Crippen LogP contribution >= 0.6 is 0 Å². The quantitative estimate of drug-likeness (QED) is 0.387. The van der Waals surface area contributed by atoms with E-state index in [0.717, 1.165) is 24.7 Å². The Morgan fingerprint density at radius 3 is 2.57 bits per heavy atom. The van der Waals surface area contributed by atoms with Crippen molar-refractivity contribution in [3.05, 3.63) is 46.3 Å². The van der Waals surface area contributed by atoms with Crippen molar-refractivity contribution in [3.8, 4) is 11.6 Å². The zero-order chi connectivity index (χ0) is 19.9. The first kappa shape index (κ1) is 19.7. The highest BCUT2D eigenvalue weighted by molar-refractivity contribution is 5.63. The van der Waals surface area contributed by atoms with E-state index < -0.39 is 4.92 Å². The summed E-state index contributed by atoms with van der Waals surface area (Å²) in [6, 6.07) is 6.78. The van der Waals surface area contributed by atoms with Gasteiger partial charge in [-0.2, -0.15) is 4.98 Å². The van der Waals surface area contributed by atoms with E-state index in [2.05, 4.69) is 9.97 Å². The summed E-state index contributed by atoms with van der Waals surface area (Å²) in [5.41, 5.74) is 0.587. The maximum absolute atomic E-state index is 11.7. The number of rotatable bonds is 8. The van der Waals surface area contributed by atoms with Crippen LogP contribution in [0.3, 0.4) is 0 Å². The van der Waals surface area contributed by atoms with Gasteiger partial charge in [0.2, 0.25) is 5.82 Å². The summed E-state index contributed by atoms with van der Waals surface area (Å²) in [6.07, 6.45) is 4.15. The van der Waals surface area contributed by atoms with E-state index in [0.29, 0.717) is 37.8 Å². The van der Waals surface area contributed by atoms with E-state index in [1.54, 1.807) is 31.4 Å². The van der Waals surface area contributed by atoms with Crippen LogP contribution in [0.25, 0.3) is 0 Å². The highest BCUT2D eigenvalue weighted by Gasteiger charge is 2.31. The molecule has 0 bridgehead atoms. The summed E-state index contributed by atoms with van der Waals surface area (Å²) in [5.74, 6) is 1.02. The van der Waals surface area contributed by atoms with Crippen molar-refractivity contribution in [1.29, 1.82) is 0 Å². The Morgan fingerprint density at radius 2 is 1.96 bits per heavy atom. The Kier molecular flexibility index (Phi) is 6.49. The Hall–Kier alpha value is -3.07. The van der Waals surface area contributed by atoms with E-state index in [4.69, 9.17) is 9.47 Å². The first-order valence-electron chi connectivity index (χ1n) is 9.06. The van der Waals surface area contributed by atoms with Crippen molar-refractivity contribution in [2.45, 2.75) is 19.3 Å². The standard InChI is InChI=1S/C19H22N4O5/c1-27-12-15-6-9-22(10-7-15)18-17(23(25)26)19(21-13-20-18)28-16-4-2-14(3-5-16)8-11-24/h2-5,11,13,15H,6-10,12H2,1H3. The third-order valence-electron chi connectivity index (χ3n) is 4.73. The van der Waals surface area contributed by atoms with E-state index in [-0.39, 0.29) is 17.4 Å². The molecule has 1 aromatic heterocycles. The number of hydrogen-bond acceptors (Lipinski definition) is 8. The summed E-state index contributed by atoms with van der Waals surface area (Å²) in [5, 5.41) is 11.7. The monoisotopic (exact) mass is 386 g/mol. The predicted octanol–water partition coefficient (Wildman–Crippen LogP) is 2.78. The first-order valence-corrected chi connectivity index (χ1v) is 9.06. The number of nitrogens with zero attached hydrogens (tertiary/aromatic N) is 4. The molecular weight excluding hydrogens is 364 g/mol. The van der Waals surface area contributed by atoms with Gasteiger partial charge < -0.3 is 19.2 Å². The van der Waals surface area contributed by atoms with Gasteiger partial charge in [0, 0.05) is 33.2 Å². The van der Waals surface area contributed by atoms with Crippen LogP contribution in [0.15, 0.2) is 30.6 Å². The molecule has 28 heavy (non-hydrogen) atoms. The zero-order valence-corrected chi connectivity index (χ0v) is 15.6. The molecule has 1 fully saturated rings. The molecule has 1 aromatic carbocycles. The number of aldehydes is 1. The molecule has 9 heteroatoms. The van der Waals surface area contributed by atoms with E-state index in [1.807, 2.05) is 4.90 Å². The van der Waals surface area contributed by atoms with Gasteiger partial charge in [-0.15, -0.1) is 0 Å². The van der Waals surface area contributed by atoms with Gasteiger partial charge in [-0.25, -0.2) is 4.98 Å². The lowest BCUT2D eigenvalue weighted by Gasteiger charge is -2.32. The Balaban J connectivity index is 1.81. The van der Waals surface area contributed by atoms with E-state index in [1.165, 1.54) is 6.33 Å². The summed E-state index contributed by atoms with van der Waals surface area (Å²) < 4.78 is 10.9. The molecule has 1 aliphatic rings. The molecular formula is C19H22N4O5. The van der Waals surface area contributed by atoms with Crippen LogP contribution in [0.1, 0.15) is 18.4 Å². The number of benzene rings is 1. The molecule has 0 spiro atoms. The van der Waals surface area contributed by atoms with Crippen LogP contribution in [0.4, 0.5) is 11.5 Å². The topological polar surface area (TPSA) is 108 Å². The number of anilines is 1. The number of carbonyl (C=O) groups excluding carboxylic acids is 1. The summed E-state index contributed by atoms with van der Waals surface area (Å²) in [4.78, 5) is 31.8. The van der Waals surface area contributed by atoms with Gasteiger partial charge in [0.25, 0.3) is 0 Å². The van der Waals surface area contributed by atoms with Crippen LogP contribution < -0.4 is 9.64 Å². The predicted molar refractivity (Wildman–Crippen MR) is 102 cm³/mol. The summed E-state index contributed by atoms with van der Waals surface area (Å²) in [7, 11) is 1.68. The lowest BCUT2D eigenvalue weighted by Crippen LogP contribution is -2.36. The Morgan fingerprint density at radius 1 is 1.25 bits per heavy atom. The maximum Gasteiger partial charge on any atom is 0.373 e. The molecule has 1 saturated heterocycles. The minimum absolute atomic E-state index is 0.0999. The van der Waals surface area contributed by atoms with Crippen molar-refractivity contribution < 1.29 is 19.2 Å². The fourth-order valence-corrected chi connectivity index (χ4v) is 3.27. The Labute approximate surface area is 162 Å². The lowest BCUT2D eigenvalue weighted by molar-refractivity contribution is -0.385. The fraction of sp³-hybridized carbons (Fsp3) is 0.421. The first-order chi connectivity index (χ1) is 13.6. The molecule has 3 rings (SSSR count). The largest absolute Gasteiger partial charge is 0.434 e. The van der Waals surface area contributed by atoms with Gasteiger partial charge in [0.05, 0.1) is 4.92 Å². The van der Waals surface area contributed by atoms with Crippen molar-refractivity contribution in [3.63, 3.8) is 0 Å². The number of aromatic nitrogens is 2. The van der Waals surface area contributed by atoms with Crippen LogP contribution in [0, 0.1) is 16.0 Å². The summed E-state index contributed by atoms with van der Waals surface area (Å²) >= 11 is 0. The van der Waals surface area contributed by atoms with Crippen molar-refractivity contribution in [1.82, 2.24) is 9.97 Å². The van der Waals surface area contributed by atoms with Gasteiger partial charge in [-0.1, -0.05) is 12.1 Å². The number of ether oxygens (including phenoxy) is 2. The minimum atomic E-state index is -0.507. The van der Waals surface area contributed by atoms with Crippen LogP contribution in [-0.2, 0) is 16.0 Å². The third-order valence-corrected chi connectivity index (χ3v) is 4.73. The van der Waals surface area contributed by atoms with Gasteiger partial charge in [-0.05, 0) is 36.5 Å². The molecule has 0 atom stereocenters. The van der Waals surface area contributed by atoms with E-state index >= 15 is 0 Å². The van der Waals surface area contributed by atoms with Crippen molar-refractivity contribution in [2.75, 3.05) is 31.7 Å². The molecule has 0 unspecified atom stereocenters. The Bertz CT molecular complexity index is 820. The average Bonchev–Trinajstić information content (AvgIpc) is 2.70. The normalized spacial score (nSPS) is 14.7. The molecule has 1 aliphatic heterocycles. The summed E-state index contributed by atoms with van der Waals surface area (Å²) in [6.45, 7) is 2.01. The van der Waals surface area contributed by atoms with Crippen LogP contribution in [-0.4, -0.2) is 48.0 Å². The highest BCUT2D eigenvalue weighted by Crippen LogP contribution is 2.37. The molecule has 2 heterocycles. The molecule has 9 nitrogen and oxygen atoms in total. The third kappa shape index (κ3) is 4.61. The molecule has 0 N–H and O–H groups in total. The molecule has 0 radical (unpaired) electrons. The van der Waals surface area contributed by atoms with Gasteiger partial charge in [0.15, 0.2) is 0 Å². The van der Waals surface area contributed by atoms with E-state index in [9.17, 15) is 14.9 Å². The second-order valence-electron chi connectivity index (χ2n) is 6.61. The molecule has 148 valence electrons. The molecule has 0 aliphatic carbocycles. The van der Waals surface area contributed by atoms with Crippen molar-refractivity contribution >= 4 is 17.8 Å². The molecule has 0 saturated carbocycles. The van der Waals surface area contributed by atoms with Gasteiger partial charge in [0.1, 0.15) is 18.4 Å². The minimum Gasteiger partial charge on any atom is -0.434 e. The average molecular weight is 386 g/mol. The second-order valence-corrected chi connectivity index (χ2v) is 6.61. The number of methoxy groups -OCH3 is 1. The van der Waals surface area contributed by atoms with Crippen LogP contribution in [0.2, 0.25) is 0 Å². The molecule has 2 aromatic rings. The smallest absolute Gasteiger partial charge is 0.373 e. The fourth-order valence-electron chi connectivity index (χ4n) is 3.27. The SMILES string of the molecule is COCC1CCN(c2ncnc(Oc3ccc(CC=O)cc3)c2[N+](=O)[O-])CC1. The maximum atomic E-state index is 11.7. The number of nitro groups is 1.